The van der Waals surface area contributed by atoms with Crippen LogP contribution in [0.5, 0.6) is 0 Å². The molecule has 0 amide bonds. The molecule has 0 spiro atoms. The van der Waals surface area contributed by atoms with E-state index in [1.165, 1.54) is 16.8 Å². The minimum atomic E-state index is 0.607. The molecule has 2 rings (SSSR count). The molecule has 0 bridgehead atoms. The SMILES string of the molecule is CC(C)C1=CCCNc2ccccc21. The molecule has 74 valence electrons. The molecule has 0 aliphatic carbocycles. The van der Waals surface area contributed by atoms with Crippen LogP contribution < -0.4 is 5.32 Å². The Labute approximate surface area is 85.8 Å². The fraction of sp³-hybridized carbons (Fsp3) is 0.385. The highest BCUT2D eigenvalue weighted by Crippen LogP contribution is 2.31. The zero-order valence-corrected chi connectivity index (χ0v) is 8.88. The van der Waals surface area contributed by atoms with Gasteiger partial charge in [-0.2, -0.15) is 0 Å². The first-order chi connectivity index (χ1) is 6.79. The van der Waals surface area contributed by atoms with Crippen LogP contribution in [0, 0.1) is 5.92 Å². The van der Waals surface area contributed by atoms with E-state index in [1.54, 1.807) is 0 Å². The number of hydrogen-bond donors (Lipinski definition) is 1. The summed E-state index contributed by atoms with van der Waals surface area (Å²) in [6.07, 6.45) is 3.49. The van der Waals surface area contributed by atoms with Crippen molar-refractivity contribution in [1.82, 2.24) is 0 Å². The van der Waals surface area contributed by atoms with Crippen LogP contribution in [-0.2, 0) is 0 Å². The van der Waals surface area contributed by atoms with Gasteiger partial charge in [0, 0.05) is 17.8 Å². The van der Waals surface area contributed by atoms with Crippen LogP contribution in [-0.4, -0.2) is 6.54 Å². The average Bonchev–Trinajstić information content (AvgIpc) is 2.39. The molecule has 1 heterocycles. The summed E-state index contributed by atoms with van der Waals surface area (Å²) in [5.74, 6) is 0.607. The van der Waals surface area contributed by atoms with Gasteiger partial charge in [0.05, 0.1) is 0 Å². The Morgan fingerprint density at radius 2 is 2.00 bits per heavy atom. The van der Waals surface area contributed by atoms with Crippen LogP contribution in [0.3, 0.4) is 0 Å². The van der Waals surface area contributed by atoms with Crippen molar-refractivity contribution in [2.75, 3.05) is 11.9 Å². The van der Waals surface area contributed by atoms with E-state index >= 15 is 0 Å². The molecule has 14 heavy (non-hydrogen) atoms. The van der Waals surface area contributed by atoms with E-state index in [0.717, 1.165) is 13.0 Å². The highest BCUT2D eigenvalue weighted by atomic mass is 14.9. The number of benzene rings is 1. The van der Waals surface area contributed by atoms with Crippen molar-refractivity contribution in [2.45, 2.75) is 20.3 Å². The minimum Gasteiger partial charge on any atom is -0.384 e. The number of hydrogen-bond acceptors (Lipinski definition) is 1. The van der Waals surface area contributed by atoms with Crippen molar-refractivity contribution in [3.8, 4) is 0 Å². The van der Waals surface area contributed by atoms with Gasteiger partial charge < -0.3 is 5.32 Å². The fourth-order valence-electron chi connectivity index (χ4n) is 1.98. The molecule has 0 atom stereocenters. The molecule has 1 aliphatic rings. The van der Waals surface area contributed by atoms with Gasteiger partial charge in [-0.3, -0.25) is 0 Å². The highest BCUT2D eigenvalue weighted by molar-refractivity contribution is 5.78. The molecule has 1 aromatic rings. The van der Waals surface area contributed by atoms with Crippen molar-refractivity contribution >= 4 is 11.3 Å². The Morgan fingerprint density at radius 3 is 2.79 bits per heavy atom. The summed E-state index contributed by atoms with van der Waals surface area (Å²) in [6.45, 7) is 5.56. The normalized spacial score (nSPS) is 15.5. The summed E-state index contributed by atoms with van der Waals surface area (Å²) in [6, 6.07) is 8.58. The van der Waals surface area contributed by atoms with E-state index in [9.17, 15) is 0 Å². The first-order valence-electron chi connectivity index (χ1n) is 5.32. The molecular weight excluding hydrogens is 170 g/mol. The maximum atomic E-state index is 3.46. The van der Waals surface area contributed by atoms with E-state index in [4.69, 9.17) is 0 Å². The third-order valence-corrected chi connectivity index (χ3v) is 2.68. The molecule has 1 heteroatoms. The maximum absolute atomic E-state index is 3.46. The number of rotatable bonds is 1. The lowest BCUT2D eigenvalue weighted by Crippen LogP contribution is -2.00. The number of allylic oxidation sites excluding steroid dienone is 1. The number of fused-ring (bicyclic) bond motifs is 1. The van der Waals surface area contributed by atoms with E-state index in [-0.39, 0.29) is 0 Å². The van der Waals surface area contributed by atoms with Gasteiger partial charge in [0.25, 0.3) is 0 Å². The average molecular weight is 187 g/mol. The maximum Gasteiger partial charge on any atom is 0.0416 e. The minimum absolute atomic E-state index is 0.607. The topological polar surface area (TPSA) is 12.0 Å². The summed E-state index contributed by atoms with van der Waals surface area (Å²) < 4.78 is 0. The number of nitrogens with one attached hydrogen (secondary N) is 1. The van der Waals surface area contributed by atoms with Crippen molar-refractivity contribution in [1.29, 1.82) is 0 Å². The van der Waals surface area contributed by atoms with Crippen LogP contribution in [0.4, 0.5) is 5.69 Å². The van der Waals surface area contributed by atoms with Crippen LogP contribution in [0.2, 0.25) is 0 Å². The van der Waals surface area contributed by atoms with Gasteiger partial charge in [0.1, 0.15) is 0 Å². The molecule has 1 nitrogen and oxygen atoms in total. The summed E-state index contributed by atoms with van der Waals surface area (Å²) in [5, 5.41) is 3.46. The Kier molecular flexibility index (Phi) is 2.58. The molecular formula is C13H17N. The summed E-state index contributed by atoms with van der Waals surface area (Å²) >= 11 is 0. The lowest BCUT2D eigenvalue weighted by atomic mass is 9.94. The van der Waals surface area contributed by atoms with Gasteiger partial charge >= 0.3 is 0 Å². The predicted octanol–water partition coefficient (Wildman–Crippen LogP) is 3.54. The van der Waals surface area contributed by atoms with Crippen molar-refractivity contribution in [3.63, 3.8) is 0 Å². The molecule has 0 unspecified atom stereocenters. The van der Waals surface area contributed by atoms with E-state index in [0.29, 0.717) is 5.92 Å². The molecule has 0 fully saturated rings. The second-order valence-electron chi connectivity index (χ2n) is 4.08. The van der Waals surface area contributed by atoms with Gasteiger partial charge in [-0.15, -0.1) is 0 Å². The monoisotopic (exact) mass is 187 g/mol. The van der Waals surface area contributed by atoms with Crippen molar-refractivity contribution in [3.05, 3.63) is 35.9 Å². The van der Waals surface area contributed by atoms with Crippen LogP contribution in [0.15, 0.2) is 30.3 Å². The molecule has 0 radical (unpaired) electrons. The number of para-hydroxylation sites is 1. The Hall–Kier alpha value is -1.24. The lowest BCUT2D eigenvalue weighted by molar-refractivity contribution is 0.852. The summed E-state index contributed by atoms with van der Waals surface area (Å²) in [5.41, 5.74) is 4.13. The smallest absolute Gasteiger partial charge is 0.0416 e. The van der Waals surface area contributed by atoms with Crippen molar-refractivity contribution in [2.24, 2.45) is 5.92 Å². The molecule has 0 saturated carbocycles. The Morgan fingerprint density at radius 1 is 1.21 bits per heavy atom. The molecule has 1 aliphatic heterocycles. The Balaban J connectivity index is 2.48. The highest BCUT2D eigenvalue weighted by Gasteiger charge is 2.12. The van der Waals surface area contributed by atoms with Gasteiger partial charge in [-0.25, -0.2) is 0 Å². The van der Waals surface area contributed by atoms with E-state index in [2.05, 4.69) is 49.5 Å². The second-order valence-corrected chi connectivity index (χ2v) is 4.08. The number of anilines is 1. The van der Waals surface area contributed by atoms with E-state index in [1.807, 2.05) is 0 Å². The largest absolute Gasteiger partial charge is 0.384 e. The molecule has 1 aromatic carbocycles. The van der Waals surface area contributed by atoms with Crippen LogP contribution >= 0.6 is 0 Å². The quantitative estimate of drug-likeness (QED) is 0.709. The Bertz CT molecular complexity index is 350. The zero-order chi connectivity index (χ0) is 9.97. The van der Waals surface area contributed by atoms with Crippen LogP contribution in [0.1, 0.15) is 25.8 Å². The first kappa shape index (κ1) is 9.32. The fourth-order valence-corrected chi connectivity index (χ4v) is 1.98. The summed E-state index contributed by atoms with van der Waals surface area (Å²) in [4.78, 5) is 0. The first-order valence-corrected chi connectivity index (χ1v) is 5.32. The standard InChI is InChI=1S/C13H17N/c1-10(2)11-7-5-9-14-13-8-4-3-6-12(11)13/h3-4,6-8,10,14H,5,9H2,1-2H3. The van der Waals surface area contributed by atoms with Gasteiger partial charge in [-0.1, -0.05) is 38.1 Å². The summed E-state index contributed by atoms with van der Waals surface area (Å²) in [7, 11) is 0. The van der Waals surface area contributed by atoms with Gasteiger partial charge in [0.2, 0.25) is 0 Å². The molecule has 1 N–H and O–H groups in total. The van der Waals surface area contributed by atoms with Crippen molar-refractivity contribution < 1.29 is 0 Å². The molecule has 0 aromatic heterocycles. The second kappa shape index (κ2) is 3.87. The van der Waals surface area contributed by atoms with Gasteiger partial charge in [0.15, 0.2) is 0 Å². The van der Waals surface area contributed by atoms with Crippen LogP contribution in [0.25, 0.3) is 5.57 Å². The zero-order valence-electron chi connectivity index (χ0n) is 8.88. The predicted molar refractivity (Wildman–Crippen MR) is 62.4 cm³/mol. The van der Waals surface area contributed by atoms with E-state index < -0.39 is 0 Å². The molecule has 0 saturated heterocycles. The lowest BCUT2D eigenvalue weighted by Gasteiger charge is -2.13. The van der Waals surface area contributed by atoms with Gasteiger partial charge in [-0.05, 0) is 24.0 Å². The third-order valence-electron chi connectivity index (χ3n) is 2.68. The third kappa shape index (κ3) is 1.67.